The number of hydrogen-bond donors (Lipinski definition) is 0. The average molecular weight is 118 g/mol. The van der Waals surface area contributed by atoms with Crippen molar-refractivity contribution in [3.05, 3.63) is 29.1 Å². The van der Waals surface area contributed by atoms with Crippen molar-refractivity contribution in [1.29, 1.82) is 0 Å². The van der Waals surface area contributed by atoms with E-state index in [0.29, 0.717) is 0 Å². The third kappa shape index (κ3) is 2.57. The number of halogens is 1. The molecule has 0 amide bonds. The van der Waals surface area contributed by atoms with E-state index in [-0.39, 0.29) is 18.9 Å². The molecule has 8 heavy (non-hydrogen) atoms. The van der Waals surface area contributed by atoms with Crippen molar-refractivity contribution >= 4 is 37.4 Å². The Hall–Kier alpha value is 0.302. The molecule has 1 heterocycles. The molecule has 3 heteroatoms. The van der Waals surface area contributed by atoms with Crippen LogP contribution in [0.1, 0.15) is 0 Å². The predicted molar refractivity (Wildman–Crippen MR) is 39.9 cm³/mol. The Morgan fingerprint density at radius 2 is 2.12 bits per heavy atom. The summed E-state index contributed by atoms with van der Waals surface area (Å²) < 4.78 is 0. The van der Waals surface area contributed by atoms with Crippen LogP contribution in [-0.2, 0) is 0 Å². The molecule has 0 N–H and O–H groups in total. The molecule has 0 atom stereocenters. The van der Waals surface area contributed by atoms with Crippen LogP contribution >= 0.6 is 11.6 Å². The standard InChI is InChI=1S/C5H4BCl.Li.H/c7-5-3-1-2-4-6-5;;/h1-4H;;. The van der Waals surface area contributed by atoms with E-state index in [4.69, 9.17) is 11.6 Å². The predicted octanol–water partition coefficient (Wildman–Crippen LogP) is 1.03. The van der Waals surface area contributed by atoms with E-state index < -0.39 is 0 Å². The van der Waals surface area contributed by atoms with Gasteiger partial charge in [0.05, 0.1) is 0 Å². The SMILES string of the molecule is Clc1bcccc1.[LiH]. The summed E-state index contributed by atoms with van der Waals surface area (Å²) in [5, 5.41) is 0. The van der Waals surface area contributed by atoms with Gasteiger partial charge in [-0.05, 0) is 0 Å². The maximum atomic E-state index is 5.54. The zero-order valence-corrected chi connectivity index (χ0v) is 4.52. The molecule has 0 unspecified atom stereocenters. The molecular weight excluding hydrogens is 113 g/mol. The maximum absolute atomic E-state index is 5.54. The fraction of sp³-hybridized carbons (Fsp3) is 0. The summed E-state index contributed by atoms with van der Waals surface area (Å²) >= 11 is 5.54. The second kappa shape index (κ2) is 4.21. The van der Waals surface area contributed by atoms with Crippen molar-refractivity contribution in [2.45, 2.75) is 0 Å². The van der Waals surface area contributed by atoms with Crippen molar-refractivity contribution in [3.8, 4) is 0 Å². The molecule has 0 nitrogen and oxygen atoms in total. The quantitative estimate of drug-likeness (QED) is 0.446. The van der Waals surface area contributed by atoms with Crippen LogP contribution in [-0.4, -0.2) is 25.8 Å². The first-order chi connectivity index (χ1) is 3.39. The summed E-state index contributed by atoms with van der Waals surface area (Å²) in [6, 6.07) is 5.69. The van der Waals surface area contributed by atoms with Gasteiger partial charge in [-0.3, -0.25) is 0 Å². The van der Waals surface area contributed by atoms with Gasteiger partial charge in [-0.25, -0.2) is 0 Å². The van der Waals surface area contributed by atoms with Gasteiger partial charge in [0.25, 0.3) is 0 Å². The average Bonchev–Trinajstić information content (AvgIpc) is 1.69. The fourth-order valence-electron chi connectivity index (χ4n) is 0.415. The van der Waals surface area contributed by atoms with Gasteiger partial charge in [-0.1, -0.05) is 0 Å². The van der Waals surface area contributed by atoms with Gasteiger partial charge in [0.15, 0.2) is 0 Å². The van der Waals surface area contributed by atoms with E-state index in [2.05, 4.69) is 0 Å². The summed E-state index contributed by atoms with van der Waals surface area (Å²) in [6.45, 7) is 1.85. The van der Waals surface area contributed by atoms with Gasteiger partial charge < -0.3 is 0 Å². The summed E-state index contributed by atoms with van der Waals surface area (Å²) in [4.78, 5) is 0.794. The Kier molecular flexibility index (Phi) is 4.37. The van der Waals surface area contributed by atoms with Crippen LogP contribution < -0.4 is 0 Å². The van der Waals surface area contributed by atoms with Crippen LogP contribution in [0.5, 0.6) is 0 Å². The second-order valence-electron chi connectivity index (χ2n) is 1.30. The van der Waals surface area contributed by atoms with Crippen LogP contribution in [0.25, 0.3) is 0 Å². The molecule has 0 radical (unpaired) electrons. The molecule has 0 spiro atoms. The van der Waals surface area contributed by atoms with E-state index in [1.54, 1.807) is 0 Å². The summed E-state index contributed by atoms with van der Waals surface area (Å²) in [5.41, 5.74) is 0. The van der Waals surface area contributed by atoms with Gasteiger partial charge in [-0.2, -0.15) is 0 Å². The second-order valence-corrected chi connectivity index (χ2v) is 1.73. The fourth-order valence-corrected chi connectivity index (χ4v) is 0.560. The molecule has 36 valence electrons. The Morgan fingerprint density at radius 3 is 2.38 bits per heavy atom. The van der Waals surface area contributed by atoms with Gasteiger partial charge in [0, 0.05) is 0 Å². The summed E-state index contributed by atoms with van der Waals surface area (Å²) in [6.07, 6.45) is 0. The van der Waals surface area contributed by atoms with Gasteiger partial charge in [0.2, 0.25) is 0 Å². The molecule has 0 bridgehead atoms. The molecule has 1 rings (SSSR count). The Labute approximate surface area is 66.6 Å². The summed E-state index contributed by atoms with van der Waals surface area (Å²) in [5.74, 6) is 1.91. The van der Waals surface area contributed by atoms with Gasteiger partial charge in [0.1, 0.15) is 0 Å². The molecule has 0 saturated carbocycles. The van der Waals surface area contributed by atoms with Crippen LogP contribution in [0, 0.1) is 0 Å². The van der Waals surface area contributed by atoms with Crippen molar-refractivity contribution in [1.82, 2.24) is 0 Å². The van der Waals surface area contributed by atoms with Crippen LogP contribution in [0.4, 0.5) is 0 Å². The zero-order valence-electron chi connectivity index (χ0n) is 3.76. The van der Waals surface area contributed by atoms with E-state index in [9.17, 15) is 0 Å². The molecule has 1 aromatic heterocycles. The van der Waals surface area contributed by atoms with Gasteiger partial charge >= 0.3 is 66.5 Å². The van der Waals surface area contributed by atoms with E-state index in [1.807, 2.05) is 31.1 Å². The molecule has 1 aromatic rings. The van der Waals surface area contributed by atoms with Crippen LogP contribution in [0.15, 0.2) is 24.2 Å². The first kappa shape index (κ1) is 8.30. The molecule has 0 aliphatic heterocycles. The number of rotatable bonds is 0. The van der Waals surface area contributed by atoms with Crippen LogP contribution in [0.2, 0.25) is 4.92 Å². The third-order valence-corrected chi connectivity index (χ3v) is 0.985. The van der Waals surface area contributed by atoms with Crippen molar-refractivity contribution in [2.24, 2.45) is 0 Å². The first-order valence-electron chi connectivity index (χ1n) is 2.10. The van der Waals surface area contributed by atoms with Crippen molar-refractivity contribution in [2.75, 3.05) is 0 Å². The van der Waals surface area contributed by atoms with Crippen LogP contribution in [0.3, 0.4) is 0 Å². The molecule has 0 aliphatic carbocycles. The Balaban J connectivity index is 0.000000490. The minimum atomic E-state index is 0. The van der Waals surface area contributed by atoms with E-state index in [0.717, 1.165) is 4.92 Å². The number of hydrogen-bond acceptors (Lipinski definition) is 0. The third-order valence-electron chi connectivity index (χ3n) is 0.733. The normalized spacial score (nSPS) is 7.12. The van der Waals surface area contributed by atoms with Gasteiger partial charge in [-0.15, -0.1) is 0 Å². The molecule has 0 aromatic carbocycles. The molecule has 0 fully saturated rings. The molecular formula is C5H5BClLi. The van der Waals surface area contributed by atoms with E-state index in [1.165, 1.54) is 0 Å². The molecule has 0 aliphatic rings. The zero-order chi connectivity index (χ0) is 5.11. The first-order valence-corrected chi connectivity index (χ1v) is 2.48. The summed E-state index contributed by atoms with van der Waals surface area (Å²) in [7, 11) is 0. The molecule has 0 saturated heterocycles. The van der Waals surface area contributed by atoms with E-state index >= 15 is 0 Å². The van der Waals surface area contributed by atoms with Crippen molar-refractivity contribution < 1.29 is 0 Å². The Morgan fingerprint density at radius 1 is 1.38 bits per heavy atom. The Bertz CT molecular complexity index is 142. The topological polar surface area (TPSA) is 0 Å². The monoisotopic (exact) mass is 118 g/mol. The van der Waals surface area contributed by atoms with Crippen molar-refractivity contribution in [3.63, 3.8) is 0 Å². The minimum absolute atomic E-state index is 0.